The van der Waals surface area contributed by atoms with E-state index in [9.17, 15) is 4.79 Å². The van der Waals surface area contributed by atoms with Gasteiger partial charge in [0.1, 0.15) is 23.7 Å². The lowest BCUT2D eigenvalue weighted by Crippen LogP contribution is -2.23. The molecule has 3 aromatic rings. The molecule has 1 amide bonds. The fraction of sp³-hybridized carbons (Fsp3) is 0.250. The van der Waals surface area contributed by atoms with Crippen LogP contribution in [0.25, 0.3) is 10.9 Å². The number of ether oxygens (including phenoxy) is 2. The van der Waals surface area contributed by atoms with Gasteiger partial charge in [0.15, 0.2) is 6.10 Å². The lowest BCUT2D eigenvalue weighted by atomic mass is 10.2. The van der Waals surface area contributed by atoms with Gasteiger partial charge >= 0.3 is 6.09 Å². The van der Waals surface area contributed by atoms with E-state index in [2.05, 4.69) is 15.3 Å². The van der Waals surface area contributed by atoms with Gasteiger partial charge in [-0.3, -0.25) is 0 Å². The number of nitrogens with zero attached hydrogens (tertiary/aromatic N) is 3. The number of hydrogen-bond acceptors (Lipinski definition) is 6. The van der Waals surface area contributed by atoms with Crippen molar-refractivity contribution in [3.05, 3.63) is 58.3 Å². The Kier molecular flexibility index (Phi) is 5.60. The summed E-state index contributed by atoms with van der Waals surface area (Å²) in [6.07, 6.45) is -0.734. The first-order valence-corrected chi connectivity index (χ1v) is 9.74. The first kappa shape index (κ1) is 19.5. The minimum absolute atomic E-state index is 0.0901. The summed E-state index contributed by atoms with van der Waals surface area (Å²) in [6.45, 7) is 1.20. The molecule has 1 atom stereocenters. The smallest absolute Gasteiger partial charge is 0.410 e. The summed E-state index contributed by atoms with van der Waals surface area (Å²) >= 11 is 12.5. The van der Waals surface area contributed by atoms with Crippen LogP contribution >= 0.6 is 23.2 Å². The normalized spacial score (nSPS) is 16.2. The fourth-order valence-electron chi connectivity index (χ4n) is 3.09. The van der Waals surface area contributed by atoms with E-state index in [-0.39, 0.29) is 24.1 Å². The van der Waals surface area contributed by atoms with Gasteiger partial charge in [0.25, 0.3) is 0 Å². The zero-order chi connectivity index (χ0) is 20.4. The molecule has 4 rings (SSSR count). The Bertz CT molecular complexity index is 1050. The largest absolute Gasteiger partial charge is 0.487 e. The standard InChI is InChI=1S/C20H18Cl2N4O3/c1-26-10-14(29-20(26)27)11-28-16-8-13(21)7-15-17(16)24-19(22)25-18(15)23-9-12-5-3-2-4-6-12/h2-8,14H,9-11H2,1H3,(H,23,24,25). The van der Waals surface area contributed by atoms with Crippen molar-refractivity contribution in [2.75, 3.05) is 25.5 Å². The molecule has 0 radical (unpaired) electrons. The van der Waals surface area contributed by atoms with E-state index in [1.54, 1.807) is 19.2 Å². The monoisotopic (exact) mass is 432 g/mol. The Morgan fingerprint density at radius 1 is 1.24 bits per heavy atom. The molecule has 0 bridgehead atoms. The first-order chi connectivity index (χ1) is 14.0. The third-order valence-electron chi connectivity index (χ3n) is 4.49. The van der Waals surface area contributed by atoms with Crippen molar-refractivity contribution in [3.63, 3.8) is 0 Å². The van der Waals surface area contributed by atoms with Crippen LogP contribution in [-0.4, -0.2) is 47.3 Å². The number of carbonyl (C=O) groups is 1. The van der Waals surface area contributed by atoms with Crippen LogP contribution in [0.5, 0.6) is 5.75 Å². The van der Waals surface area contributed by atoms with E-state index in [1.165, 1.54) is 4.90 Å². The van der Waals surface area contributed by atoms with Crippen molar-refractivity contribution >= 4 is 46.0 Å². The maximum absolute atomic E-state index is 11.5. The minimum atomic E-state index is -0.368. The number of anilines is 1. The molecule has 1 aromatic heterocycles. The van der Waals surface area contributed by atoms with Crippen LogP contribution in [0.15, 0.2) is 42.5 Å². The molecule has 2 heterocycles. The number of rotatable bonds is 6. The van der Waals surface area contributed by atoms with Crippen LogP contribution in [0.2, 0.25) is 10.3 Å². The number of amides is 1. The van der Waals surface area contributed by atoms with Crippen LogP contribution in [-0.2, 0) is 11.3 Å². The molecule has 1 unspecified atom stereocenters. The Labute approximate surface area is 177 Å². The molecular formula is C20H18Cl2N4O3. The molecule has 29 heavy (non-hydrogen) atoms. The SMILES string of the molecule is CN1CC(COc2cc(Cl)cc3c(NCc4ccccc4)nc(Cl)nc23)OC1=O. The minimum Gasteiger partial charge on any atom is -0.487 e. The summed E-state index contributed by atoms with van der Waals surface area (Å²) in [5.41, 5.74) is 1.63. The highest BCUT2D eigenvalue weighted by molar-refractivity contribution is 6.32. The second kappa shape index (κ2) is 8.31. The summed E-state index contributed by atoms with van der Waals surface area (Å²) in [7, 11) is 1.68. The van der Waals surface area contributed by atoms with Crippen LogP contribution in [0.3, 0.4) is 0 Å². The Morgan fingerprint density at radius 3 is 2.76 bits per heavy atom. The lowest BCUT2D eigenvalue weighted by molar-refractivity contribution is 0.104. The van der Waals surface area contributed by atoms with E-state index in [0.717, 1.165) is 5.56 Å². The first-order valence-electron chi connectivity index (χ1n) is 8.99. The van der Waals surface area contributed by atoms with Gasteiger partial charge in [0, 0.05) is 30.1 Å². The van der Waals surface area contributed by atoms with Crippen molar-refractivity contribution in [1.29, 1.82) is 0 Å². The van der Waals surface area contributed by atoms with Gasteiger partial charge in [-0.1, -0.05) is 41.9 Å². The predicted octanol–water partition coefficient (Wildman–Crippen LogP) is 4.38. The van der Waals surface area contributed by atoms with Crippen molar-refractivity contribution in [1.82, 2.24) is 14.9 Å². The lowest BCUT2D eigenvalue weighted by Gasteiger charge is -2.15. The van der Waals surface area contributed by atoms with Gasteiger partial charge in [0.2, 0.25) is 5.28 Å². The number of nitrogens with one attached hydrogen (secondary N) is 1. The number of likely N-dealkylation sites (N-methyl/N-ethyl adjacent to an activating group) is 1. The van der Waals surface area contributed by atoms with Gasteiger partial charge in [-0.25, -0.2) is 14.8 Å². The Morgan fingerprint density at radius 2 is 2.03 bits per heavy atom. The molecule has 1 N–H and O–H groups in total. The second-order valence-corrected chi connectivity index (χ2v) is 7.45. The summed E-state index contributed by atoms with van der Waals surface area (Å²) in [5, 5.41) is 4.53. The second-order valence-electron chi connectivity index (χ2n) is 6.68. The zero-order valence-electron chi connectivity index (χ0n) is 15.6. The number of aromatic nitrogens is 2. The van der Waals surface area contributed by atoms with Crippen molar-refractivity contribution < 1.29 is 14.3 Å². The van der Waals surface area contributed by atoms with Crippen molar-refractivity contribution in [2.24, 2.45) is 0 Å². The number of fused-ring (bicyclic) bond motifs is 1. The fourth-order valence-corrected chi connectivity index (χ4v) is 3.46. The van der Waals surface area contributed by atoms with Gasteiger partial charge in [-0.15, -0.1) is 0 Å². The van der Waals surface area contributed by atoms with E-state index in [1.807, 2.05) is 30.3 Å². The molecule has 9 heteroatoms. The zero-order valence-corrected chi connectivity index (χ0v) is 17.1. The average molecular weight is 433 g/mol. The molecule has 1 fully saturated rings. The number of halogens is 2. The molecule has 1 aliphatic heterocycles. The Balaban J connectivity index is 1.60. The van der Waals surface area contributed by atoms with Gasteiger partial charge < -0.3 is 19.7 Å². The third kappa shape index (κ3) is 4.46. The number of benzene rings is 2. The molecule has 150 valence electrons. The predicted molar refractivity (Wildman–Crippen MR) is 112 cm³/mol. The molecule has 1 saturated heterocycles. The topological polar surface area (TPSA) is 76.6 Å². The maximum Gasteiger partial charge on any atom is 0.410 e. The number of hydrogen-bond donors (Lipinski definition) is 1. The average Bonchev–Trinajstić information content (AvgIpc) is 3.03. The molecule has 0 spiro atoms. The summed E-state index contributed by atoms with van der Waals surface area (Å²) in [4.78, 5) is 21.6. The van der Waals surface area contributed by atoms with E-state index in [4.69, 9.17) is 32.7 Å². The van der Waals surface area contributed by atoms with Crippen molar-refractivity contribution in [3.8, 4) is 5.75 Å². The molecular weight excluding hydrogens is 415 g/mol. The van der Waals surface area contributed by atoms with Crippen LogP contribution in [0.1, 0.15) is 5.56 Å². The van der Waals surface area contributed by atoms with Crippen LogP contribution in [0.4, 0.5) is 10.6 Å². The molecule has 0 saturated carbocycles. The van der Waals surface area contributed by atoms with Gasteiger partial charge in [-0.05, 0) is 23.2 Å². The van der Waals surface area contributed by atoms with E-state index >= 15 is 0 Å². The van der Waals surface area contributed by atoms with Crippen LogP contribution < -0.4 is 10.1 Å². The molecule has 7 nitrogen and oxygen atoms in total. The highest BCUT2D eigenvalue weighted by Crippen LogP contribution is 2.33. The Hall–Kier alpha value is -2.77. The number of carbonyl (C=O) groups excluding carboxylic acids is 1. The highest BCUT2D eigenvalue weighted by atomic mass is 35.5. The van der Waals surface area contributed by atoms with Gasteiger partial charge in [-0.2, -0.15) is 0 Å². The molecule has 0 aliphatic carbocycles. The summed E-state index contributed by atoms with van der Waals surface area (Å²) < 4.78 is 11.1. The highest BCUT2D eigenvalue weighted by Gasteiger charge is 2.29. The van der Waals surface area contributed by atoms with E-state index < -0.39 is 0 Å². The van der Waals surface area contributed by atoms with E-state index in [0.29, 0.717) is 40.6 Å². The maximum atomic E-state index is 11.5. The quantitative estimate of drug-likeness (QED) is 0.582. The number of cyclic esters (lactones) is 1. The third-order valence-corrected chi connectivity index (χ3v) is 4.87. The van der Waals surface area contributed by atoms with Gasteiger partial charge in [0.05, 0.1) is 6.54 Å². The van der Waals surface area contributed by atoms with Crippen LogP contribution in [0, 0.1) is 0 Å². The molecule has 2 aromatic carbocycles. The summed E-state index contributed by atoms with van der Waals surface area (Å²) in [5.74, 6) is 1.01. The summed E-state index contributed by atoms with van der Waals surface area (Å²) in [6, 6.07) is 13.4. The molecule has 1 aliphatic rings. The van der Waals surface area contributed by atoms with Crippen molar-refractivity contribution in [2.45, 2.75) is 12.6 Å².